The van der Waals surface area contributed by atoms with Crippen molar-refractivity contribution >= 4 is 25.0 Å². The zero-order valence-electron chi connectivity index (χ0n) is 15.5. The molecule has 0 aromatic heterocycles. The number of hydrogen-bond acceptors (Lipinski definition) is 3. The van der Waals surface area contributed by atoms with E-state index in [0.717, 1.165) is 0 Å². The van der Waals surface area contributed by atoms with Crippen LogP contribution >= 0.6 is 0 Å². The highest BCUT2D eigenvalue weighted by Gasteiger charge is 2.68. The Morgan fingerprint density at radius 2 is 1.20 bits per heavy atom. The van der Waals surface area contributed by atoms with E-state index < -0.39 is 25.0 Å². The minimum absolute atomic E-state index is 0.0748. The highest BCUT2D eigenvalue weighted by molar-refractivity contribution is 7.11. The van der Waals surface area contributed by atoms with Crippen LogP contribution in [0.2, 0.25) is 43.6 Å². The lowest BCUT2D eigenvalue weighted by molar-refractivity contribution is 0.0790. The van der Waals surface area contributed by atoms with Gasteiger partial charge in [-0.1, -0.05) is 60.1 Å². The van der Waals surface area contributed by atoms with Gasteiger partial charge in [0.05, 0.1) is 16.1 Å². The summed E-state index contributed by atoms with van der Waals surface area (Å²) >= 11 is 0. The normalized spacial score (nSPS) is 15.0. The Morgan fingerprint density at radius 1 is 0.850 bits per heavy atom. The van der Waals surface area contributed by atoms with Gasteiger partial charge in [-0.2, -0.15) is 0 Å². The van der Waals surface area contributed by atoms with Crippen molar-refractivity contribution in [2.45, 2.75) is 64.3 Å². The van der Waals surface area contributed by atoms with Crippen LogP contribution in [-0.4, -0.2) is 45.8 Å². The van der Waals surface area contributed by atoms with Gasteiger partial charge in [-0.15, -0.1) is 0 Å². The Labute approximate surface area is 129 Å². The molecule has 0 saturated heterocycles. The van der Waals surface area contributed by atoms with Gasteiger partial charge in [-0.3, -0.25) is 0 Å². The summed E-state index contributed by atoms with van der Waals surface area (Å²) in [4.78, 5) is 0. The maximum Gasteiger partial charge on any atom is 0.500 e. The molecular weight excluding hydrogens is 300 g/mol. The van der Waals surface area contributed by atoms with Crippen molar-refractivity contribution in [3.8, 4) is 0 Å². The lowest BCUT2D eigenvalue weighted by atomic mass is 10.2. The zero-order chi connectivity index (χ0) is 16.4. The molecule has 0 saturated carbocycles. The predicted molar refractivity (Wildman–Crippen MR) is 95.6 cm³/mol. The smallest absolute Gasteiger partial charge is 0.377 e. The maximum atomic E-state index is 6.37. The van der Waals surface area contributed by atoms with Crippen molar-refractivity contribution in [1.29, 1.82) is 0 Å². The third-order valence-corrected chi connectivity index (χ3v) is 24.4. The molecule has 0 aromatic carbocycles. The summed E-state index contributed by atoms with van der Waals surface area (Å²) in [5.74, 6) is 0.486. The van der Waals surface area contributed by atoms with Gasteiger partial charge < -0.3 is 13.3 Å². The summed E-state index contributed by atoms with van der Waals surface area (Å²) < 4.78 is 18.5. The van der Waals surface area contributed by atoms with E-state index in [4.69, 9.17) is 13.3 Å². The molecule has 0 bridgehead atoms. The highest BCUT2D eigenvalue weighted by Crippen LogP contribution is 2.54. The van der Waals surface area contributed by atoms with Crippen LogP contribution in [0, 0.1) is 5.92 Å². The van der Waals surface area contributed by atoms with Crippen molar-refractivity contribution in [3.63, 3.8) is 0 Å². The van der Waals surface area contributed by atoms with Gasteiger partial charge in [0.2, 0.25) is 0 Å². The van der Waals surface area contributed by atoms with E-state index in [2.05, 4.69) is 60.1 Å². The molecule has 0 aliphatic rings. The second-order valence-electron chi connectivity index (χ2n) is 8.29. The molecule has 0 amide bonds. The fourth-order valence-electron chi connectivity index (χ4n) is 3.07. The third-order valence-electron chi connectivity index (χ3n) is 4.76. The number of hydrogen-bond donors (Lipinski definition) is 0. The average Bonchev–Trinajstić information content (AvgIpc) is 2.27. The van der Waals surface area contributed by atoms with E-state index in [1.807, 2.05) is 0 Å². The van der Waals surface area contributed by atoms with Crippen LogP contribution in [-0.2, 0) is 13.3 Å². The molecule has 6 heteroatoms. The summed E-state index contributed by atoms with van der Waals surface area (Å²) in [6.45, 7) is 22.0. The Bertz CT molecular complexity index is 288. The predicted octanol–water partition coefficient (Wildman–Crippen LogP) is 4.41. The first-order valence-corrected chi connectivity index (χ1v) is 16.3. The largest absolute Gasteiger partial charge is 0.500 e. The van der Waals surface area contributed by atoms with Gasteiger partial charge in [0.1, 0.15) is 0 Å². The molecule has 122 valence electrons. The molecule has 0 atom stereocenters. The summed E-state index contributed by atoms with van der Waals surface area (Å²) in [7, 11) is -2.26. The Kier molecular flexibility index (Phi) is 6.92. The molecule has 0 unspecified atom stereocenters. The van der Waals surface area contributed by atoms with Gasteiger partial charge >= 0.3 is 8.80 Å². The van der Waals surface area contributed by atoms with Crippen LogP contribution in [0.25, 0.3) is 0 Å². The van der Waals surface area contributed by atoms with Crippen LogP contribution in [0.3, 0.4) is 0 Å². The molecule has 3 nitrogen and oxygen atoms in total. The first kappa shape index (κ1) is 20.5. The molecule has 0 aliphatic carbocycles. The Balaban J connectivity index is 5.92. The van der Waals surface area contributed by atoms with E-state index in [0.29, 0.717) is 12.5 Å². The molecule has 0 spiro atoms. The van der Waals surface area contributed by atoms with Crippen LogP contribution < -0.4 is 0 Å². The molecule has 0 radical (unpaired) electrons. The average molecular weight is 337 g/mol. The maximum absolute atomic E-state index is 6.37. The van der Waals surface area contributed by atoms with Crippen LogP contribution in [0.1, 0.15) is 20.8 Å². The summed E-state index contributed by atoms with van der Waals surface area (Å²) in [5, 5.41) is 0. The van der Waals surface area contributed by atoms with Gasteiger partial charge in [0.15, 0.2) is 0 Å². The van der Waals surface area contributed by atoms with Crippen molar-refractivity contribution in [2.24, 2.45) is 5.92 Å². The van der Waals surface area contributed by atoms with E-state index in [-0.39, 0.29) is 4.28 Å². The second-order valence-corrected chi connectivity index (χ2v) is 24.0. The molecule has 0 aromatic rings. The fourth-order valence-corrected chi connectivity index (χ4v) is 23.1. The minimum atomic E-state index is -2.71. The third kappa shape index (κ3) is 3.64. The fraction of sp³-hybridized carbons (Fsp3) is 1.00. The standard InChI is InChI=1S/C14H36O3Si3/c1-13(2)12-17-20(15-4,16-5)14(3,18(6,7)8)19(9,10)11/h13H,12H2,1-11H3. The summed E-state index contributed by atoms with van der Waals surface area (Å²) in [6.07, 6.45) is 0. The Hall–Kier alpha value is 0.531. The van der Waals surface area contributed by atoms with Crippen LogP contribution in [0.4, 0.5) is 0 Å². The van der Waals surface area contributed by atoms with E-state index in [1.165, 1.54) is 0 Å². The SMILES string of the molecule is CO[Si](OC)(OCC(C)C)C(C)([Si](C)(C)C)[Si](C)(C)C. The lowest BCUT2D eigenvalue weighted by Gasteiger charge is -2.55. The summed E-state index contributed by atoms with van der Waals surface area (Å²) in [5.41, 5.74) is 0. The molecule has 0 heterocycles. The van der Waals surface area contributed by atoms with Crippen molar-refractivity contribution in [2.75, 3.05) is 20.8 Å². The van der Waals surface area contributed by atoms with Crippen LogP contribution in [0.15, 0.2) is 0 Å². The first-order chi connectivity index (χ1) is 8.79. The van der Waals surface area contributed by atoms with Crippen molar-refractivity contribution < 1.29 is 13.3 Å². The molecular formula is C14H36O3Si3. The second kappa shape index (κ2) is 6.75. The first-order valence-electron chi connectivity index (χ1n) is 7.53. The van der Waals surface area contributed by atoms with Gasteiger partial charge in [0.25, 0.3) is 0 Å². The lowest BCUT2D eigenvalue weighted by Crippen LogP contribution is -2.71. The Morgan fingerprint density at radius 3 is 1.40 bits per heavy atom. The highest BCUT2D eigenvalue weighted by atomic mass is 28.5. The number of rotatable bonds is 8. The van der Waals surface area contributed by atoms with E-state index >= 15 is 0 Å². The van der Waals surface area contributed by atoms with E-state index in [9.17, 15) is 0 Å². The quantitative estimate of drug-likeness (QED) is 0.615. The molecule has 0 fully saturated rings. The zero-order valence-corrected chi connectivity index (χ0v) is 18.5. The van der Waals surface area contributed by atoms with Gasteiger partial charge in [-0.05, 0) is 5.92 Å². The molecule has 20 heavy (non-hydrogen) atoms. The van der Waals surface area contributed by atoms with Crippen LogP contribution in [0.5, 0.6) is 0 Å². The summed E-state index contributed by atoms with van der Waals surface area (Å²) in [6, 6.07) is 0. The monoisotopic (exact) mass is 336 g/mol. The molecule has 0 aliphatic heterocycles. The van der Waals surface area contributed by atoms with Crippen molar-refractivity contribution in [1.82, 2.24) is 0 Å². The minimum Gasteiger partial charge on any atom is -0.377 e. The van der Waals surface area contributed by atoms with Crippen molar-refractivity contribution in [3.05, 3.63) is 0 Å². The van der Waals surface area contributed by atoms with Gasteiger partial charge in [-0.25, -0.2) is 0 Å². The molecule has 0 N–H and O–H groups in total. The van der Waals surface area contributed by atoms with Gasteiger partial charge in [0, 0.05) is 25.1 Å². The topological polar surface area (TPSA) is 27.7 Å². The molecule has 0 rings (SSSR count). The van der Waals surface area contributed by atoms with E-state index in [1.54, 1.807) is 14.2 Å².